The van der Waals surface area contributed by atoms with Gasteiger partial charge in [-0.2, -0.15) is 26.3 Å². The van der Waals surface area contributed by atoms with E-state index in [0.717, 1.165) is 12.1 Å². The third-order valence-corrected chi connectivity index (χ3v) is 1.81. The number of nitrogens with two attached hydrogens (primary N) is 1. The van der Waals surface area contributed by atoms with Crippen LogP contribution in [0.4, 0.5) is 32.0 Å². The molecule has 0 saturated heterocycles. The quantitative estimate of drug-likeness (QED) is 0.470. The Bertz CT molecular complexity index is 387. The summed E-state index contributed by atoms with van der Waals surface area (Å²) < 4.78 is 74.3. The molecular weight excluding hydrogens is 318 g/mol. The van der Waals surface area contributed by atoms with Crippen molar-refractivity contribution in [3.05, 3.63) is 29.3 Å². The molecule has 2 nitrogen and oxygen atoms in total. The molecule has 0 saturated carbocycles. The summed E-state index contributed by atoms with van der Waals surface area (Å²) >= 11 is 0. The summed E-state index contributed by atoms with van der Waals surface area (Å²) in [7, 11) is 0. The van der Waals surface area contributed by atoms with Gasteiger partial charge in [0.1, 0.15) is 0 Å². The normalized spacial score (nSPS) is 11.9. The third kappa shape index (κ3) is 3.50. The number of hydrogen-bond donors (Lipinski definition) is 2. The summed E-state index contributed by atoms with van der Waals surface area (Å²) in [5.74, 6) is 4.74. The number of rotatable bonds is 1. The molecule has 9 heteroatoms. The average molecular weight is 325 g/mol. The SMILES string of the molecule is Br.NNc1cccc(C(F)(F)F)c1C(F)(F)F. The number of halogens is 7. The monoisotopic (exact) mass is 324 g/mol. The minimum Gasteiger partial charge on any atom is -0.324 e. The van der Waals surface area contributed by atoms with Gasteiger partial charge >= 0.3 is 12.4 Å². The first-order valence-electron chi connectivity index (χ1n) is 3.92. The maximum atomic E-state index is 12.4. The molecule has 0 amide bonds. The first-order chi connectivity index (χ1) is 7.18. The van der Waals surface area contributed by atoms with Gasteiger partial charge in [0.2, 0.25) is 0 Å². The molecule has 0 aliphatic carbocycles. The molecule has 0 radical (unpaired) electrons. The van der Waals surface area contributed by atoms with Gasteiger partial charge in [-0.1, -0.05) is 6.07 Å². The fourth-order valence-corrected chi connectivity index (χ4v) is 1.21. The van der Waals surface area contributed by atoms with Crippen LogP contribution in [0, 0.1) is 0 Å². The fourth-order valence-electron chi connectivity index (χ4n) is 1.21. The molecule has 0 aliphatic heterocycles. The summed E-state index contributed by atoms with van der Waals surface area (Å²) in [6, 6.07) is 2.01. The standard InChI is InChI=1S/C8H6F6N2.BrH/c9-7(10,11)4-2-1-3-5(16-15)6(4)8(12,13)14;/h1-3,16H,15H2;1H. The van der Waals surface area contributed by atoms with Crippen LogP contribution in [-0.4, -0.2) is 0 Å². The first-order valence-corrected chi connectivity index (χ1v) is 3.92. The molecule has 1 aromatic rings. The Morgan fingerprint density at radius 3 is 1.82 bits per heavy atom. The highest BCUT2D eigenvalue weighted by molar-refractivity contribution is 8.93. The van der Waals surface area contributed by atoms with Gasteiger partial charge in [-0.15, -0.1) is 17.0 Å². The topological polar surface area (TPSA) is 38.0 Å². The molecule has 98 valence electrons. The second kappa shape index (κ2) is 5.13. The number of hydrogen-bond acceptors (Lipinski definition) is 2. The maximum Gasteiger partial charge on any atom is 0.419 e. The van der Waals surface area contributed by atoms with Gasteiger partial charge in [0.05, 0.1) is 16.8 Å². The van der Waals surface area contributed by atoms with Crippen LogP contribution in [-0.2, 0) is 12.4 Å². The minimum absolute atomic E-state index is 0. The Morgan fingerprint density at radius 1 is 0.941 bits per heavy atom. The maximum absolute atomic E-state index is 12.4. The molecule has 1 aromatic carbocycles. The highest BCUT2D eigenvalue weighted by atomic mass is 79.9. The van der Waals surface area contributed by atoms with Crippen molar-refractivity contribution < 1.29 is 26.3 Å². The van der Waals surface area contributed by atoms with E-state index in [1.54, 1.807) is 5.43 Å². The van der Waals surface area contributed by atoms with Crippen molar-refractivity contribution in [3.63, 3.8) is 0 Å². The van der Waals surface area contributed by atoms with Crippen LogP contribution in [0.15, 0.2) is 18.2 Å². The number of alkyl halides is 6. The first kappa shape index (κ1) is 16.0. The lowest BCUT2D eigenvalue weighted by Gasteiger charge is -2.18. The lowest BCUT2D eigenvalue weighted by molar-refractivity contribution is -0.161. The van der Waals surface area contributed by atoms with E-state index in [9.17, 15) is 26.3 Å². The highest BCUT2D eigenvalue weighted by Gasteiger charge is 2.44. The molecular formula is C8H7BrF6N2. The zero-order valence-electron chi connectivity index (χ0n) is 7.99. The highest BCUT2D eigenvalue weighted by Crippen LogP contribution is 2.43. The van der Waals surface area contributed by atoms with Gasteiger partial charge in [-0.3, -0.25) is 5.84 Å². The van der Waals surface area contributed by atoms with Crippen molar-refractivity contribution in [2.75, 3.05) is 5.43 Å². The number of nitrogens with one attached hydrogen (secondary N) is 1. The zero-order valence-corrected chi connectivity index (χ0v) is 9.70. The van der Waals surface area contributed by atoms with Gasteiger partial charge in [-0.25, -0.2) is 0 Å². The van der Waals surface area contributed by atoms with E-state index in [-0.39, 0.29) is 17.0 Å². The van der Waals surface area contributed by atoms with Gasteiger partial charge in [0, 0.05) is 0 Å². The third-order valence-electron chi connectivity index (χ3n) is 1.81. The Kier molecular flexibility index (Phi) is 4.84. The number of hydrazine groups is 1. The van der Waals surface area contributed by atoms with E-state index >= 15 is 0 Å². The van der Waals surface area contributed by atoms with E-state index in [0.29, 0.717) is 6.07 Å². The average Bonchev–Trinajstić information content (AvgIpc) is 2.13. The molecule has 0 bridgehead atoms. The van der Waals surface area contributed by atoms with Crippen LogP contribution < -0.4 is 11.3 Å². The van der Waals surface area contributed by atoms with Crippen LogP contribution in [0.25, 0.3) is 0 Å². The van der Waals surface area contributed by atoms with Crippen molar-refractivity contribution >= 4 is 22.7 Å². The smallest absolute Gasteiger partial charge is 0.324 e. The van der Waals surface area contributed by atoms with Gasteiger partial charge in [0.25, 0.3) is 0 Å². The van der Waals surface area contributed by atoms with Crippen molar-refractivity contribution in [2.24, 2.45) is 5.84 Å². The van der Waals surface area contributed by atoms with Crippen LogP contribution in [0.2, 0.25) is 0 Å². The number of nitrogen functional groups attached to an aromatic ring is 1. The second-order valence-electron chi connectivity index (χ2n) is 2.87. The van der Waals surface area contributed by atoms with Crippen molar-refractivity contribution in [2.45, 2.75) is 12.4 Å². The van der Waals surface area contributed by atoms with Gasteiger partial charge < -0.3 is 5.43 Å². The molecule has 0 aliphatic rings. The Balaban J connectivity index is 0.00000256. The van der Waals surface area contributed by atoms with E-state index in [1.807, 2.05) is 0 Å². The molecule has 0 fully saturated rings. The van der Waals surface area contributed by atoms with Crippen LogP contribution >= 0.6 is 17.0 Å². The number of benzene rings is 1. The van der Waals surface area contributed by atoms with E-state index in [4.69, 9.17) is 5.84 Å². The molecule has 0 aromatic heterocycles. The summed E-state index contributed by atoms with van der Waals surface area (Å²) in [6.07, 6.45) is -10.2. The van der Waals surface area contributed by atoms with Crippen LogP contribution in [0.1, 0.15) is 11.1 Å². The lowest BCUT2D eigenvalue weighted by atomic mass is 10.0. The summed E-state index contributed by atoms with van der Waals surface area (Å²) in [6.45, 7) is 0. The molecule has 1 rings (SSSR count). The largest absolute Gasteiger partial charge is 0.419 e. The van der Waals surface area contributed by atoms with Crippen LogP contribution in [0.5, 0.6) is 0 Å². The molecule has 0 spiro atoms. The zero-order chi connectivity index (χ0) is 12.6. The van der Waals surface area contributed by atoms with E-state index in [2.05, 4.69) is 0 Å². The predicted octanol–water partition coefficient (Wildman–Crippen LogP) is 3.59. The lowest BCUT2D eigenvalue weighted by Crippen LogP contribution is -2.20. The molecule has 17 heavy (non-hydrogen) atoms. The molecule has 0 unspecified atom stereocenters. The fraction of sp³-hybridized carbons (Fsp3) is 0.250. The Hall–Kier alpha value is -0.960. The van der Waals surface area contributed by atoms with Crippen LogP contribution in [0.3, 0.4) is 0 Å². The summed E-state index contributed by atoms with van der Waals surface area (Å²) in [5, 5.41) is 0. The molecule has 3 N–H and O–H groups in total. The number of anilines is 1. The van der Waals surface area contributed by atoms with Crippen molar-refractivity contribution in [3.8, 4) is 0 Å². The Morgan fingerprint density at radius 2 is 1.47 bits per heavy atom. The van der Waals surface area contributed by atoms with Crippen molar-refractivity contribution in [1.82, 2.24) is 0 Å². The molecule has 0 atom stereocenters. The van der Waals surface area contributed by atoms with Gasteiger partial charge in [0.15, 0.2) is 0 Å². The molecule has 0 heterocycles. The second-order valence-corrected chi connectivity index (χ2v) is 2.87. The van der Waals surface area contributed by atoms with Crippen molar-refractivity contribution in [1.29, 1.82) is 0 Å². The Labute approximate surface area is 103 Å². The van der Waals surface area contributed by atoms with E-state index in [1.165, 1.54) is 0 Å². The summed E-state index contributed by atoms with van der Waals surface area (Å²) in [5.41, 5.74) is -2.81. The van der Waals surface area contributed by atoms with E-state index < -0.39 is 29.2 Å². The predicted molar refractivity (Wildman–Crippen MR) is 54.6 cm³/mol. The minimum atomic E-state index is -5.13. The summed E-state index contributed by atoms with van der Waals surface area (Å²) in [4.78, 5) is 0. The van der Waals surface area contributed by atoms with Gasteiger partial charge in [-0.05, 0) is 12.1 Å².